The zero-order valence-corrected chi connectivity index (χ0v) is 18.0. The second-order valence-corrected chi connectivity index (χ2v) is 8.86. The molecule has 2 bridgehead atoms. The number of aromatic hydroxyl groups is 1. The highest BCUT2D eigenvalue weighted by molar-refractivity contribution is 6.19. The number of carbonyl (C=O) groups excluding carboxylic acids is 3. The second-order valence-electron chi connectivity index (χ2n) is 8.86. The summed E-state index contributed by atoms with van der Waals surface area (Å²) in [5.41, 5.74) is 2.57. The number of benzene rings is 1. The predicted molar refractivity (Wildman–Crippen MR) is 121 cm³/mol. The molecule has 6 heteroatoms. The van der Waals surface area contributed by atoms with Gasteiger partial charge in [0.25, 0.3) is 5.91 Å². The van der Waals surface area contributed by atoms with Gasteiger partial charge >= 0.3 is 0 Å². The van der Waals surface area contributed by atoms with Crippen LogP contribution in [0.1, 0.15) is 36.0 Å². The molecular formula is C26H26N2O4. The Morgan fingerprint density at radius 2 is 1.94 bits per heavy atom. The van der Waals surface area contributed by atoms with Gasteiger partial charge in [-0.25, -0.2) is 0 Å². The molecule has 1 spiro atoms. The molecule has 32 heavy (non-hydrogen) atoms. The van der Waals surface area contributed by atoms with Crippen molar-refractivity contribution in [2.24, 2.45) is 5.41 Å². The van der Waals surface area contributed by atoms with Crippen molar-refractivity contribution in [3.8, 4) is 5.75 Å². The van der Waals surface area contributed by atoms with Crippen LogP contribution in [0.5, 0.6) is 5.75 Å². The lowest BCUT2D eigenvalue weighted by atomic mass is 9.67. The van der Waals surface area contributed by atoms with Crippen molar-refractivity contribution in [1.82, 2.24) is 4.90 Å². The molecule has 2 saturated heterocycles. The molecule has 6 nitrogen and oxygen atoms in total. The van der Waals surface area contributed by atoms with Crippen molar-refractivity contribution in [1.29, 1.82) is 0 Å². The molecule has 0 aromatic heterocycles. The molecule has 5 rings (SSSR count). The summed E-state index contributed by atoms with van der Waals surface area (Å²) in [5, 5.41) is 10.9. The summed E-state index contributed by atoms with van der Waals surface area (Å²) >= 11 is 0. The first-order chi connectivity index (χ1) is 15.5. The van der Waals surface area contributed by atoms with E-state index in [-0.39, 0.29) is 23.5 Å². The molecule has 4 aliphatic rings. The van der Waals surface area contributed by atoms with Gasteiger partial charge < -0.3 is 10.0 Å². The quantitative estimate of drug-likeness (QED) is 0.575. The number of rotatable bonds is 5. The summed E-state index contributed by atoms with van der Waals surface area (Å²) in [6.45, 7) is 7.93. The Bertz CT molecular complexity index is 1140. The molecular weight excluding hydrogens is 404 g/mol. The van der Waals surface area contributed by atoms with Crippen LogP contribution in [0, 0.1) is 5.41 Å². The monoisotopic (exact) mass is 430 g/mol. The number of piperidine rings is 1. The fourth-order valence-electron chi connectivity index (χ4n) is 5.94. The van der Waals surface area contributed by atoms with E-state index in [1.807, 2.05) is 18.2 Å². The van der Waals surface area contributed by atoms with Crippen LogP contribution in [-0.4, -0.2) is 40.3 Å². The minimum Gasteiger partial charge on any atom is -0.507 e. The average Bonchev–Trinajstić information content (AvgIpc) is 2.91. The van der Waals surface area contributed by atoms with Crippen LogP contribution in [-0.2, 0) is 33.6 Å². The first-order valence-electron chi connectivity index (χ1n) is 11.1. The van der Waals surface area contributed by atoms with Gasteiger partial charge in [-0.2, -0.15) is 0 Å². The number of nitrogens with zero attached hydrogens (tertiary/aromatic N) is 2. The van der Waals surface area contributed by atoms with Crippen molar-refractivity contribution in [2.45, 2.75) is 44.6 Å². The summed E-state index contributed by atoms with van der Waals surface area (Å²) in [6.07, 6.45) is 11.6. The van der Waals surface area contributed by atoms with Crippen LogP contribution in [0.25, 0.3) is 0 Å². The minimum absolute atomic E-state index is 0.0498. The highest BCUT2D eigenvalue weighted by atomic mass is 16.3. The number of hydrogen-bond acceptors (Lipinski definition) is 4. The second kappa shape index (κ2) is 7.33. The van der Waals surface area contributed by atoms with Crippen LogP contribution < -0.4 is 4.90 Å². The molecule has 3 amide bonds. The molecule has 2 fully saturated rings. The normalized spacial score (nSPS) is 26.1. The summed E-state index contributed by atoms with van der Waals surface area (Å²) < 4.78 is 0. The van der Waals surface area contributed by atoms with E-state index in [1.54, 1.807) is 23.1 Å². The maximum absolute atomic E-state index is 13.4. The Balaban J connectivity index is 1.71. The predicted octanol–water partition coefficient (Wildman–Crippen LogP) is 3.14. The Labute approximate surface area is 187 Å². The van der Waals surface area contributed by atoms with E-state index in [0.29, 0.717) is 56.2 Å². The fourth-order valence-corrected chi connectivity index (χ4v) is 5.94. The molecule has 0 saturated carbocycles. The summed E-state index contributed by atoms with van der Waals surface area (Å²) in [7, 11) is 0. The van der Waals surface area contributed by atoms with Crippen LogP contribution in [0.3, 0.4) is 0 Å². The minimum atomic E-state index is -1.04. The van der Waals surface area contributed by atoms with Gasteiger partial charge in [0.05, 0.1) is 6.04 Å². The van der Waals surface area contributed by atoms with E-state index in [1.165, 1.54) is 4.90 Å². The smallest absolute Gasteiger partial charge is 0.257 e. The maximum Gasteiger partial charge on any atom is 0.257 e. The topological polar surface area (TPSA) is 77.9 Å². The third kappa shape index (κ3) is 2.55. The zero-order chi connectivity index (χ0) is 22.6. The zero-order valence-electron chi connectivity index (χ0n) is 18.0. The van der Waals surface area contributed by atoms with E-state index in [9.17, 15) is 19.5 Å². The summed E-state index contributed by atoms with van der Waals surface area (Å²) in [5.74, 6) is -0.270. The first kappa shape index (κ1) is 20.5. The van der Waals surface area contributed by atoms with Gasteiger partial charge in [-0.3, -0.25) is 19.3 Å². The third-order valence-corrected chi connectivity index (χ3v) is 7.33. The molecule has 0 radical (unpaired) electrons. The standard InChI is InChI=1S/C26H26N2O4/c1-3-7-16-15-20-17(18(8-4-2)23(16)30)10-11-22(29)28(20)21-12-14-27-24(31)19-9-5-6-13-26(19,21)25(27)32/h3-6,9,15,21,30H,1-2,7-8,10-14H2. The first-order valence-corrected chi connectivity index (χ1v) is 11.1. The molecule has 2 atom stereocenters. The van der Waals surface area contributed by atoms with E-state index in [2.05, 4.69) is 13.2 Å². The largest absolute Gasteiger partial charge is 0.507 e. The third-order valence-electron chi connectivity index (χ3n) is 7.33. The summed E-state index contributed by atoms with van der Waals surface area (Å²) in [6, 6.07) is 1.42. The Morgan fingerprint density at radius 3 is 2.69 bits per heavy atom. The molecule has 2 unspecified atom stereocenters. The van der Waals surface area contributed by atoms with Crippen LogP contribution >= 0.6 is 0 Å². The number of allylic oxidation sites excluding steroid dienone is 5. The number of phenols is 1. The van der Waals surface area contributed by atoms with Crippen molar-refractivity contribution in [3.05, 3.63) is 71.9 Å². The number of phenolic OH excluding ortho intramolecular Hbond substituents is 1. The van der Waals surface area contributed by atoms with Crippen LogP contribution in [0.4, 0.5) is 5.69 Å². The fraction of sp³-hybridized carbons (Fsp3) is 0.346. The van der Waals surface area contributed by atoms with Crippen molar-refractivity contribution >= 4 is 23.4 Å². The molecule has 1 aromatic rings. The molecule has 1 N–H and O–H groups in total. The SMILES string of the molecule is C=CCc1cc2c(c(CC=C)c1O)CCC(=O)N2C1CCN2C(=O)C3=CC=CCC31C2=O. The number of hydrogen-bond donors (Lipinski definition) is 1. The maximum atomic E-state index is 13.4. The number of imide groups is 1. The highest BCUT2D eigenvalue weighted by Crippen LogP contribution is 2.53. The molecule has 3 heterocycles. The van der Waals surface area contributed by atoms with Gasteiger partial charge in [0.2, 0.25) is 11.8 Å². The van der Waals surface area contributed by atoms with Gasteiger partial charge in [0.15, 0.2) is 0 Å². The molecule has 3 aliphatic heterocycles. The van der Waals surface area contributed by atoms with Crippen LogP contribution in [0.2, 0.25) is 0 Å². The Morgan fingerprint density at radius 1 is 1.16 bits per heavy atom. The molecule has 164 valence electrons. The van der Waals surface area contributed by atoms with Crippen molar-refractivity contribution < 1.29 is 19.5 Å². The highest BCUT2D eigenvalue weighted by Gasteiger charge is 2.64. The lowest BCUT2D eigenvalue weighted by Crippen LogP contribution is -2.59. The van der Waals surface area contributed by atoms with Crippen LogP contribution in [0.15, 0.2) is 55.2 Å². The van der Waals surface area contributed by atoms with E-state index in [4.69, 9.17) is 0 Å². The van der Waals surface area contributed by atoms with Gasteiger partial charge in [-0.15, -0.1) is 13.2 Å². The summed E-state index contributed by atoms with van der Waals surface area (Å²) in [4.78, 5) is 42.9. The van der Waals surface area contributed by atoms with Crippen molar-refractivity contribution in [2.75, 3.05) is 11.4 Å². The van der Waals surface area contributed by atoms with E-state index < -0.39 is 11.5 Å². The van der Waals surface area contributed by atoms with Gasteiger partial charge in [-0.05, 0) is 49.3 Å². The number of carbonyl (C=O) groups is 3. The lowest BCUT2D eigenvalue weighted by Gasteiger charge is -2.47. The number of amides is 3. The van der Waals surface area contributed by atoms with Gasteiger partial charge in [0, 0.05) is 29.8 Å². The Kier molecular flexibility index (Phi) is 4.69. The molecule has 1 aliphatic carbocycles. The number of fused-ring (bicyclic) bond motifs is 2. The van der Waals surface area contributed by atoms with E-state index in [0.717, 1.165) is 16.8 Å². The van der Waals surface area contributed by atoms with E-state index >= 15 is 0 Å². The lowest BCUT2D eigenvalue weighted by molar-refractivity contribution is -0.144. The molecule has 1 aromatic carbocycles. The van der Waals surface area contributed by atoms with Gasteiger partial charge in [-0.1, -0.05) is 30.4 Å². The Hall–Kier alpha value is -3.41. The van der Waals surface area contributed by atoms with Gasteiger partial charge in [0.1, 0.15) is 11.2 Å². The van der Waals surface area contributed by atoms with Crippen molar-refractivity contribution in [3.63, 3.8) is 0 Å². The number of anilines is 1. The average molecular weight is 431 g/mol.